The van der Waals surface area contributed by atoms with Gasteiger partial charge in [0.15, 0.2) is 0 Å². The van der Waals surface area contributed by atoms with Crippen LogP contribution < -0.4 is 0 Å². The molecule has 0 fully saturated rings. The van der Waals surface area contributed by atoms with Gasteiger partial charge in [-0.3, -0.25) is 4.79 Å². The Bertz CT molecular complexity index is 311. The number of allylic oxidation sites excluding steroid dienone is 1. The monoisotopic (exact) mass is 244 g/mol. The molecule has 0 radical (unpaired) electrons. The van der Waals surface area contributed by atoms with Gasteiger partial charge in [-0.15, -0.1) is 11.8 Å². The molecular formula is C11H16O4S. The lowest BCUT2D eigenvalue weighted by Gasteiger charge is -2.17. The smallest absolute Gasteiger partial charge is 0.343 e. The second-order valence-corrected chi connectivity index (χ2v) is 4.78. The van der Waals surface area contributed by atoms with Crippen molar-refractivity contribution in [1.29, 1.82) is 0 Å². The van der Waals surface area contributed by atoms with E-state index in [9.17, 15) is 9.59 Å². The number of rotatable bonds is 2. The molecule has 0 aromatic carbocycles. The molecule has 1 aliphatic heterocycles. The fourth-order valence-corrected chi connectivity index (χ4v) is 2.79. The van der Waals surface area contributed by atoms with Gasteiger partial charge in [-0.05, 0) is 12.3 Å². The quantitative estimate of drug-likeness (QED) is 0.691. The van der Waals surface area contributed by atoms with Gasteiger partial charge in [-0.1, -0.05) is 13.0 Å². The number of thioether (sulfide) groups is 1. The molecule has 0 aromatic heterocycles. The Hall–Kier alpha value is -0.970. The summed E-state index contributed by atoms with van der Waals surface area (Å²) in [6.07, 6.45) is 2.53. The number of hydrogen-bond acceptors (Lipinski definition) is 5. The van der Waals surface area contributed by atoms with Crippen LogP contribution in [-0.4, -0.2) is 31.9 Å². The summed E-state index contributed by atoms with van der Waals surface area (Å²) >= 11 is 1.36. The van der Waals surface area contributed by atoms with E-state index in [0.29, 0.717) is 17.1 Å². The highest BCUT2D eigenvalue weighted by molar-refractivity contribution is 8.04. The minimum absolute atomic E-state index is 0.159. The Morgan fingerprint density at radius 1 is 1.38 bits per heavy atom. The van der Waals surface area contributed by atoms with Gasteiger partial charge in [0.2, 0.25) is 0 Å². The molecule has 0 aromatic rings. The maximum absolute atomic E-state index is 11.5. The molecule has 1 aliphatic rings. The highest BCUT2D eigenvalue weighted by atomic mass is 32.2. The van der Waals surface area contributed by atoms with E-state index in [-0.39, 0.29) is 23.8 Å². The summed E-state index contributed by atoms with van der Waals surface area (Å²) in [5, 5.41) is 0. The van der Waals surface area contributed by atoms with Crippen molar-refractivity contribution in [2.45, 2.75) is 13.3 Å². The van der Waals surface area contributed by atoms with Gasteiger partial charge in [-0.2, -0.15) is 0 Å². The number of methoxy groups -OCH3 is 2. The van der Waals surface area contributed by atoms with Crippen LogP contribution in [0.25, 0.3) is 0 Å². The summed E-state index contributed by atoms with van der Waals surface area (Å²) in [7, 11) is 2.75. The molecule has 0 amide bonds. The van der Waals surface area contributed by atoms with Crippen LogP contribution in [0.1, 0.15) is 13.3 Å². The molecule has 0 saturated heterocycles. The van der Waals surface area contributed by atoms with Crippen molar-refractivity contribution in [1.82, 2.24) is 0 Å². The molecule has 2 atom stereocenters. The second kappa shape index (κ2) is 5.94. The van der Waals surface area contributed by atoms with Crippen LogP contribution in [0.15, 0.2) is 11.0 Å². The highest BCUT2D eigenvalue weighted by Crippen LogP contribution is 2.31. The SMILES string of the molecule is COC(=O)C1=CC[C@@H](C)[C@H](C(=O)OC)CS1. The van der Waals surface area contributed by atoms with Crippen molar-refractivity contribution in [2.24, 2.45) is 11.8 Å². The fourth-order valence-electron chi connectivity index (χ4n) is 1.55. The van der Waals surface area contributed by atoms with Crippen LogP contribution in [0.2, 0.25) is 0 Å². The van der Waals surface area contributed by atoms with Gasteiger partial charge >= 0.3 is 11.9 Å². The largest absolute Gasteiger partial charge is 0.469 e. The predicted molar refractivity (Wildman–Crippen MR) is 61.8 cm³/mol. The van der Waals surface area contributed by atoms with E-state index in [0.717, 1.165) is 0 Å². The lowest BCUT2D eigenvalue weighted by atomic mass is 9.93. The van der Waals surface area contributed by atoms with Gasteiger partial charge in [0, 0.05) is 5.75 Å². The first-order valence-electron chi connectivity index (χ1n) is 5.09. The fraction of sp³-hybridized carbons (Fsp3) is 0.636. The van der Waals surface area contributed by atoms with Gasteiger partial charge in [-0.25, -0.2) is 4.79 Å². The summed E-state index contributed by atoms with van der Waals surface area (Å²) in [5.41, 5.74) is 0. The van der Waals surface area contributed by atoms with Gasteiger partial charge < -0.3 is 9.47 Å². The Labute approximate surface area is 99.4 Å². The molecule has 0 aliphatic carbocycles. The Kier molecular flexibility index (Phi) is 4.86. The van der Waals surface area contributed by atoms with Crippen molar-refractivity contribution >= 4 is 23.7 Å². The molecule has 1 heterocycles. The van der Waals surface area contributed by atoms with Gasteiger partial charge in [0.25, 0.3) is 0 Å². The molecule has 0 unspecified atom stereocenters. The first-order chi connectivity index (χ1) is 7.60. The van der Waals surface area contributed by atoms with Crippen molar-refractivity contribution in [3.63, 3.8) is 0 Å². The van der Waals surface area contributed by atoms with Crippen molar-refractivity contribution < 1.29 is 19.1 Å². The normalized spacial score (nSPS) is 25.3. The van der Waals surface area contributed by atoms with Crippen LogP contribution in [0, 0.1) is 11.8 Å². The average Bonchev–Trinajstić information content (AvgIpc) is 2.49. The van der Waals surface area contributed by atoms with Gasteiger partial charge in [0.05, 0.1) is 25.0 Å². The van der Waals surface area contributed by atoms with Crippen molar-refractivity contribution in [3.8, 4) is 0 Å². The van der Waals surface area contributed by atoms with Crippen LogP contribution in [0.3, 0.4) is 0 Å². The van der Waals surface area contributed by atoms with Crippen molar-refractivity contribution in [3.05, 3.63) is 11.0 Å². The summed E-state index contributed by atoms with van der Waals surface area (Å²) in [6, 6.07) is 0. The van der Waals surface area contributed by atoms with E-state index in [1.54, 1.807) is 0 Å². The van der Waals surface area contributed by atoms with Crippen LogP contribution in [0.4, 0.5) is 0 Å². The van der Waals surface area contributed by atoms with E-state index >= 15 is 0 Å². The second-order valence-electron chi connectivity index (χ2n) is 3.71. The third-order valence-electron chi connectivity index (χ3n) is 2.67. The van der Waals surface area contributed by atoms with E-state index in [1.165, 1.54) is 26.0 Å². The number of hydrogen-bond donors (Lipinski definition) is 0. The summed E-state index contributed by atoms with van der Waals surface area (Å²) < 4.78 is 9.40. The number of ether oxygens (including phenoxy) is 2. The van der Waals surface area contributed by atoms with E-state index in [4.69, 9.17) is 4.74 Å². The number of esters is 2. The molecule has 1 rings (SSSR count). The van der Waals surface area contributed by atoms with E-state index in [2.05, 4.69) is 4.74 Å². The standard InChI is InChI=1S/C11H16O4S/c1-7-4-5-9(11(13)15-3)16-6-8(7)10(12)14-2/h5,7-8H,4,6H2,1-3H3/t7-,8-/m1/s1. The van der Waals surface area contributed by atoms with Crippen LogP contribution in [0.5, 0.6) is 0 Å². The maximum Gasteiger partial charge on any atom is 0.343 e. The minimum atomic E-state index is -0.331. The van der Waals surface area contributed by atoms with E-state index in [1.807, 2.05) is 13.0 Å². The Morgan fingerprint density at radius 2 is 2.06 bits per heavy atom. The molecule has 90 valence electrons. The molecule has 0 spiro atoms. The number of carbonyl (C=O) groups excluding carboxylic acids is 2. The molecule has 0 N–H and O–H groups in total. The van der Waals surface area contributed by atoms with Crippen LogP contribution in [-0.2, 0) is 19.1 Å². The first-order valence-corrected chi connectivity index (χ1v) is 6.07. The zero-order valence-corrected chi connectivity index (χ0v) is 10.5. The van der Waals surface area contributed by atoms with E-state index < -0.39 is 0 Å². The zero-order valence-electron chi connectivity index (χ0n) is 9.69. The molecule has 16 heavy (non-hydrogen) atoms. The number of carbonyl (C=O) groups is 2. The molecule has 0 bridgehead atoms. The zero-order chi connectivity index (χ0) is 12.1. The van der Waals surface area contributed by atoms with Crippen LogP contribution >= 0.6 is 11.8 Å². The molecular weight excluding hydrogens is 228 g/mol. The maximum atomic E-state index is 11.5. The summed E-state index contributed by atoms with van der Waals surface area (Å²) in [5.74, 6) is 0.0483. The minimum Gasteiger partial charge on any atom is -0.469 e. The third-order valence-corrected chi connectivity index (χ3v) is 3.84. The highest BCUT2D eigenvalue weighted by Gasteiger charge is 2.29. The van der Waals surface area contributed by atoms with Crippen molar-refractivity contribution in [2.75, 3.05) is 20.0 Å². The predicted octanol–water partition coefficient (Wildman–Crippen LogP) is 1.61. The topological polar surface area (TPSA) is 52.6 Å². The van der Waals surface area contributed by atoms with Gasteiger partial charge in [0.1, 0.15) is 0 Å². The molecule has 4 nitrogen and oxygen atoms in total. The first kappa shape index (κ1) is 13.1. The summed E-state index contributed by atoms with van der Waals surface area (Å²) in [4.78, 5) is 23.4. The Morgan fingerprint density at radius 3 is 2.62 bits per heavy atom. The third kappa shape index (κ3) is 3.01. The average molecular weight is 244 g/mol. The molecule has 0 saturated carbocycles. The molecule has 5 heteroatoms. The Balaban J connectivity index is 2.70. The lowest BCUT2D eigenvalue weighted by molar-refractivity contribution is -0.146. The lowest BCUT2D eigenvalue weighted by Crippen LogP contribution is -2.24. The summed E-state index contributed by atoms with van der Waals surface area (Å²) in [6.45, 7) is 1.98.